The molecule has 4 fully saturated rings. The largest absolute Gasteiger partial charge is 0.394 e. The van der Waals surface area contributed by atoms with Gasteiger partial charge in [-0.3, -0.25) is 0 Å². The first kappa shape index (κ1) is 37.0. The first-order valence-electron chi connectivity index (χ1n) is 14.4. The van der Waals surface area contributed by atoms with E-state index in [0.29, 0.717) is 0 Å². The summed E-state index contributed by atoms with van der Waals surface area (Å²) in [6, 6.07) is -5.48. The maximum Gasteiger partial charge on any atom is 0.176 e. The monoisotopic (exact) mass is 662 g/mol. The fourth-order valence-electron chi connectivity index (χ4n) is 5.72. The Labute approximate surface area is 256 Å². The average Bonchev–Trinajstić information content (AvgIpc) is 3.03. The highest BCUT2D eigenvalue weighted by molar-refractivity contribution is 5.00. The molecule has 264 valence electrons. The molecule has 4 saturated heterocycles. The molecule has 0 radical (unpaired) electrons. The Balaban J connectivity index is 1.43. The van der Waals surface area contributed by atoms with Crippen molar-refractivity contribution in [2.24, 2.45) is 22.9 Å². The van der Waals surface area contributed by atoms with Crippen molar-refractivity contribution in [3.8, 4) is 0 Å². The highest BCUT2D eigenvalue weighted by Gasteiger charge is 2.54. The Morgan fingerprint density at radius 1 is 0.400 bits per heavy atom. The standard InChI is InChI=1S/C24H46N4O17/c25-9-15(35)18(6(2-30)39-21(9)38)43-23-11(27)17(37)20(8(4-32)41-23)45-24-12(28)16(36)19(7(3-31)42-24)44-22-10(26)14(34)13(33)5(1-29)40-22/h5-24,29-38H,1-4,25-28H2/t5-,6+,7+,8+,9+,10-,11+,12+,13?,14+,15-,16-,17-,18?,19?,20?,21?,22?,23?,24?/m1/s1. The Morgan fingerprint density at radius 2 is 0.711 bits per heavy atom. The van der Waals surface area contributed by atoms with Crippen LogP contribution in [-0.2, 0) is 33.2 Å². The Morgan fingerprint density at radius 3 is 1.09 bits per heavy atom. The summed E-state index contributed by atoms with van der Waals surface area (Å²) in [5.41, 5.74) is 24.0. The maximum atomic E-state index is 11.1. The number of hydrogen-bond donors (Lipinski definition) is 14. The highest BCUT2D eigenvalue weighted by atomic mass is 16.8. The number of hydrogen-bond acceptors (Lipinski definition) is 21. The van der Waals surface area contributed by atoms with E-state index in [1.165, 1.54) is 0 Å². The second kappa shape index (κ2) is 15.6. The molecular weight excluding hydrogens is 616 g/mol. The minimum atomic E-state index is -1.65. The van der Waals surface area contributed by atoms with Gasteiger partial charge in [0.25, 0.3) is 0 Å². The van der Waals surface area contributed by atoms with E-state index in [2.05, 4.69) is 0 Å². The van der Waals surface area contributed by atoms with Gasteiger partial charge in [-0.15, -0.1) is 0 Å². The lowest BCUT2D eigenvalue weighted by atomic mass is 9.94. The summed E-state index contributed by atoms with van der Waals surface area (Å²) in [5.74, 6) is 0. The Hall–Kier alpha value is -0.840. The summed E-state index contributed by atoms with van der Waals surface area (Å²) in [6.07, 6.45) is -23.5. The third kappa shape index (κ3) is 7.44. The van der Waals surface area contributed by atoms with E-state index in [1.54, 1.807) is 0 Å². The third-order valence-corrected chi connectivity index (χ3v) is 8.52. The van der Waals surface area contributed by atoms with E-state index in [0.717, 1.165) is 0 Å². The van der Waals surface area contributed by atoms with Crippen molar-refractivity contribution < 1.29 is 84.2 Å². The van der Waals surface area contributed by atoms with E-state index >= 15 is 0 Å². The maximum absolute atomic E-state index is 11.1. The quantitative estimate of drug-likeness (QED) is 0.103. The summed E-state index contributed by atoms with van der Waals surface area (Å²) in [6.45, 7) is -2.91. The molecule has 18 N–H and O–H groups in total. The highest BCUT2D eigenvalue weighted by Crippen LogP contribution is 2.33. The number of aliphatic hydroxyl groups excluding tert-OH is 10. The lowest BCUT2D eigenvalue weighted by Gasteiger charge is -2.49. The number of rotatable bonds is 10. The summed E-state index contributed by atoms with van der Waals surface area (Å²) in [7, 11) is 0. The van der Waals surface area contributed by atoms with Gasteiger partial charge < -0.3 is 107 Å². The second-order valence-corrected chi connectivity index (χ2v) is 11.5. The molecule has 4 rings (SSSR count). The van der Waals surface area contributed by atoms with Crippen LogP contribution in [-0.4, -0.2) is 200 Å². The van der Waals surface area contributed by atoms with Crippen LogP contribution >= 0.6 is 0 Å². The lowest BCUT2D eigenvalue weighted by molar-refractivity contribution is -0.358. The SMILES string of the molecule is N[C@@H]1C(O)O[C@@H](CO)C(OC2O[C@@H](CO)C(OC3O[C@@H](CO)C(OC4O[C@H](CO)C(O)[C@@H](O)[C@H]4N)[C@H](O)[C@@H]3N)[C@H](O)[C@@H]2N)[C@@H]1O. The van der Waals surface area contributed by atoms with E-state index in [9.17, 15) is 51.1 Å². The van der Waals surface area contributed by atoms with E-state index < -0.39 is 149 Å². The third-order valence-electron chi connectivity index (χ3n) is 8.52. The normalized spacial score (nSPS) is 52.9. The predicted molar refractivity (Wildman–Crippen MR) is 142 cm³/mol. The van der Waals surface area contributed by atoms with Gasteiger partial charge in [-0.05, 0) is 0 Å². The molecule has 0 amide bonds. The van der Waals surface area contributed by atoms with Crippen molar-refractivity contribution in [2.45, 2.75) is 123 Å². The van der Waals surface area contributed by atoms with Gasteiger partial charge in [-0.1, -0.05) is 0 Å². The summed E-state index contributed by atoms with van der Waals surface area (Å²) < 4.78 is 39.2. The molecule has 45 heavy (non-hydrogen) atoms. The molecule has 0 saturated carbocycles. The minimum absolute atomic E-state index is 0.688. The molecule has 0 spiro atoms. The van der Waals surface area contributed by atoms with E-state index in [-0.39, 0.29) is 0 Å². The molecule has 0 aromatic carbocycles. The smallest absolute Gasteiger partial charge is 0.176 e. The number of aliphatic hydroxyl groups is 10. The number of nitrogens with two attached hydrogens (primary N) is 4. The molecular formula is C24H46N4O17. The molecule has 4 heterocycles. The van der Waals surface area contributed by atoms with E-state index in [1.807, 2.05) is 0 Å². The van der Waals surface area contributed by atoms with Crippen molar-refractivity contribution in [3.63, 3.8) is 0 Å². The molecule has 21 nitrogen and oxygen atoms in total. The van der Waals surface area contributed by atoms with Crippen molar-refractivity contribution in [2.75, 3.05) is 26.4 Å². The van der Waals surface area contributed by atoms with Gasteiger partial charge in [0.05, 0.1) is 50.6 Å². The van der Waals surface area contributed by atoms with Crippen LogP contribution in [0.3, 0.4) is 0 Å². The van der Waals surface area contributed by atoms with Crippen molar-refractivity contribution in [3.05, 3.63) is 0 Å². The first-order valence-corrected chi connectivity index (χ1v) is 14.4. The molecule has 21 heteroatoms. The van der Waals surface area contributed by atoms with Gasteiger partial charge in [-0.2, -0.15) is 0 Å². The molecule has 20 atom stereocenters. The van der Waals surface area contributed by atoms with Gasteiger partial charge in [0.2, 0.25) is 0 Å². The summed E-state index contributed by atoms with van der Waals surface area (Å²) in [4.78, 5) is 0. The Bertz CT molecular complexity index is 925. The molecule has 0 bridgehead atoms. The van der Waals surface area contributed by atoms with Crippen molar-refractivity contribution in [1.82, 2.24) is 0 Å². The molecule has 0 aromatic rings. The zero-order valence-corrected chi connectivity index (χ0v) is 24.0. The fraction of sp³-hybridized carbons (Fsp3) is 1.00. The van der Waals surface area contributed by atoms with Crippen LogP contribution in [0, 0.1) is 0 Å². The predicted octanol–water partition coefficient (Wildman–Crippen LogP) is -9.88. The molecule has 4 aliphatic heterocycles. The van der Waals surface area contributed by atoms with Crippen LogP contribution in [0.1, 0.15) is 0 Å². The molecule has 8 unspecified atom stereocenters. The lowest BCUT2D eigenvalue weighted by Crippen LogP contribution is -2.70. The van der Waals surface area contributed by atoms with Crippen molar-refractivity contribution >= 4 is 0 Å². The summed E-state index contributed by atoms with van der Waals surface area (Å²) in [5, 5.41) is 102. The van der Waals surface area contributed by atoms with Crippen LogP contribution in [0.5, 0.6) is 0 Å². The second-order valence-electron chi connectivity index (χ2n) is 11.5. The van der Waals surface area contributed by atoms with Gasteiger partial charge in [0.15, 0.2) is 25.2 Å². The van der Waals surface area contributed by atoms with Crippen LogP contribution < -0.4 is 22.9 Å². The van der Waals surface area contributed by atoms with Gasteiger partial charge in [-0.25, -0.2) is 0 Å². The molecule has 4 aliphatic rings. The van der Waals surface area contributed by atoms with Crippen LogP contribution in [0.4, 0.5) is 0 Å². The molecule has 0 aliphatic carbocycles. The fourth-order valence-corrected chi connectivity index (χ4v) is 5.72. The average molecular weight is 663 g/mol. The first-order chi connectivity index (χ1) is 21.3. The topological polar surface area (TPSA) is 371 Å². The van der Waals surface area contributed by atoms with E-state index in [4.69, 9.17) is 56.1 Å². The van der Waals surface area contributed by atoms with Gasteiger partial charge in [0, 0.05) is 0 Å². The summed E-state index contributed by atoms with van der Waals surface area (Å²) >= 11 is 0. The Kier molecular flexibility index (Phi) is 12.8. The van der Waals surface area contributed by atoms with Crippen LogP contribution in [0.25, 0.3) is 0 Å². The van der Waals surface area contributed by atoms with Gasteiger partial charge in [0.1, 0.15) is 73.2 Å². The number of ether oxygens (including phenoxy) is 7. The minimum Gasteiger partial charge on any atom is -0.394 e. The molecule has 0 aromatic heterocycles. The van der Waals surface area contributed by atoms with Gasteiger partial charge >= 0.3 is 0 Å². The van der Waals surface area contributed by atoms with Crippen LogP contribution in [0.2, 0.25) is 0 Å². The van der Waals surface area contributed by atoms with Crippen molar-refractivity contribution in [1.29, 1.82) is 0 Å². The van der Waals surface area contributed by atoms with Crippen LogP contribution in [0.15, 0.2) is 0 Å². The zero-order chi connectivity index (χ0) is 33.3. The zero-order valence-electron chi connectivity index (χ0n) is 24.0.